The summed E-state index contributed by atoms with van der Waals surface area (Å²) in [7, 11) is 1.96. The largest absolute Gasteiger partial charge is 0.309 e. The molecule has 0 aliphatic heterocycles. The van der Waals surface area contributed by atoms with Crippen molar-refractivity contribution in [3.63, 3.8) is 0 Å². The fraction of sp³-hybridized carbons (Fsp3) is 0.118. The van der Waals surface area contributed by atoms with Crippen LogP contribution in [0.3, 0.4) is 0 Å². The van der Waals surface area contributed by atoms with E-state index in [0.29, 0.717) is 0 Å². The van der Waals surface area contributed by atoms with E-state index in [4.69, 9.17) is 11.6 Å². The molecule has 3 heteroatoms. The predicted molar refractivity (Wildman–Crippen MR) is 84.1 cm³/mol. The van der Waals surface area contributed by atoms with Gasteiger partial charge in [-0.15, -0.1) is 0 Å². The molecule has 0 saturated heterocycles. The summed E-state index contributed by atoms with van der Waals surface area (Å²) >= 11 is 6.09. The van der Waals surface area contributed by atoms with Gasteiger partial charge in [-0.25, -0.2) is 0 Å². The Hall–Kier alpha value is -1.90. The molecule has 1 N–H and O–H groups in total. The predicted octanol–water partition coefficient (Wildman–Crippen LogP) is 4.20. The third kappa shape index (κ3) is 2.53. The highest BCUT2D eigenvalue weighted by atomic mass is 35.5. The molecule has 0 fully saturated rings. The zero-order chi connectivity index (χ0) is 13.9. The van der Waals surface area contributed by atoms with Crippen molar-refractivity contribution in [2.75, 3.05) is 7.05 Å². The van der Waals surface area contributed by atoms with E-state index in [-0.39, 0.29) is 6.04 Å². The first kappa shape index (κ1) is 13.1. The molecule has 0 bridgehead atoms. The maximum atomic E-state index is 6.09. The zero-order valence-electron chi connectivity index (χ0n) is 11.2. The Morgan fingerprint density at radius 3 is 2.65 bits per heavy atom. The van der Waals surface area contributed by atoms with E-state index in [1.165, 1.54) is 5.56 Å². The van der Waals surface area contributed by atoms with Crippen LogP contribution in [0.25, 0.3) is 10.9 Å². The molecular formula is C17H15ClN2. The first-order valence-electron chi connectivity index (χ1n) is 6.55. The molecule has 1 heterocycles. The lowest BCUT2D eigenvalue weighted by molar-refractivity contribution is 0.693. The molecule has 0 amide bonds. The Labute approximate surface area is 123 Å². The first-order chi connectivity index (χ1) is 9.78. The van der Waals surface area contributed by atoms with Gasteiger partial charge in [-0.05, 0) is 48.5 Å². The van der Waals surface area contributed by atoms with Crippen molar-refractivity contribution in [3.05, 3.63) is 76.9 Å². The lowest BCUT2D eigenvalue weighted by atomic mass is 9.97. The van der Waals surface area contributed by atoms with Crippen molar-refractivity contribution in [2.45, 2.75) is 6.04 Å². The molecule has 100 valence electrons. The summed E-state index contributed by atoms with van der Waals surface area (Å²) in [6.45, 7) is 0. The Morgan fingerprint density at radius 2 is 1.85 bits per heavy atom. The van der Waals surface area contributed by atoms with Gasteiger partial charge in [-0.2, -0.15) is 0 Å². The molecule has 0 aliphatic rings. The van der Waals surface area contributed by atoms with Crippen molar-refractivity contribution in [1.29, 1.82) is 0 Å². The quantitative estimate of drug-likeness (QED) is 0.779. The number of aromatic nitrogens is 1. The van der Waals surface area contributed by atoms with Crippen LogP contribution in [0, 0.1) is 0 Å². The van der Waals surface area contributed by atoms with Crippen molar-refractivity contribution in [1.82, 2.24) is 10.3 Å². The smallest absolute Gasteiger partial charge is 0.0702 e. The van der Waals surface area contributed by atoms with Crippen molar-refractivity contribution in [3.8, 4) is 0 Å². The van der Waals surface area contributed by atoms with E-state index in [1.54, 1.807) is 0 Å². The van der Waals surface area contributed by atoms with Gasteiger partial charge in [-0.1, -0.05) is 35.9 Å². The second kappa shape index (κ2) is 5.61. The molecule has 0 spiro atoms. The molecule has 1 unspecified atom stereocenters. The van der Waals surface area contributed by atoms with Gasteiger partial charge in [0.2, 0.25) is 0 Å². The summed E-state index contributed by atoms with van der Waals surface area (Å²) in [4.78, 5) is 4.35. The van der Waals surface area contributed by atoms with Crippen LogP contribution in [0.15, 0.2) is 60.8 Å². The summed E-state index contributed by atoms with van der Waals surface area (Å²) in [5.74, 6) is 0. The van der Waals surface area contributed by atoms with Gasteiger partial charge in [0, 0.05) is 16.6 Å². The number of hydrogen-bond donors (Lipinski definition) is 1. The van der Waals surface area contributed by atoms with Crippen LogP contribution < -0.4 is 5.32 Å². The maximum Gasteiger partial charge on any atom is 0.0702 e. The van der Waals surface area contributed by atoms with Crippen molar-refractivity contribution in [2.24, 2.45) is 0 Å². The minimum Gasteiger partial charge on any atom is -0.309 e. The molecule has 1 atom stereocenters. The summed E-state index contributed by atoms with van der Waals surface area (Å²) < 4.78 is 0. The normalized spacial score (nSPS) is 12.5. The first-order valence-corrected chi connectivity index (χ1v) is 6.93. The Morgan fingerprint density at radius 1 is 1.00 bits per heavy atom. The van der Waals surface area contributed by atoms with Gasteiger partial charge in [0.05, 0.1) is 11.6 Å². The topological polar surface area (TPSA) is 24.9 Å². The van der Waals surface area contributed by atoms with Gasteiger partial charge < -0.3 is 5.32 Å². The van der Waals surface area contributed by atoms with E-state index in [2.05, 4.69) is 40.6 Å². The Balaban J connectivity index is 2.07. The second-order valence-corrected chi connectivity index (χ2v) is 5.17. The minimum absolute atomic E-state index is 0.123. The van der Waals surface area contributed by atoms with E-state index in [9.17, 15) is 0 Å². The van der Waals surface area contributed by atoms with Crippen molar-refractivity contribution >= 4 is 22.5 Å². The average Bonchev–Trinajstić information content (AvgIpc) is 2.48. The van der Waals surface area contributed by atoms with Gasteiger partial charge in [-0.3, -0.25) is 4.98 Å². The van der Waals surface area contributed by atoms with Crippen LogP contribution in [0.5, 0.6) is 0 Å². The van der Waals surface area contributed by atoms with Crippen LogP contribution in [0.1, 0.15) is 17.2 Å². The highest BCUT2D eigenvalue weighted by Gasteiger charge is 2.12. The maximum absolute atomic E-state index is 6.09. The number of nitrogens with zero attached hydrogens (tertiary/aromatic N) is 1. The summed E-state index contributed by atoms with van der Waals surface area (Å²) in [5.41, 5.74) is 3.37. The molecule has 1 aromatic heterocycles. The number of halogens is 1. The van der Waals surface area contributed by atoms with Gasteiger partial charge in [0.25, 0.3) is 0 Å². The van der Waals surface area contributed by atoms with E-state index < -0.39 is 0 Å². The van der Waals surface area contributed by atoms with Gasteiger partial charge in [0.15, 0.2) is 0 Å². The zero-order valence-corrected chi connectivity index (χ0v) is 11.9. The molecule has 2 aromatic carbocycles. The third-order valence-electron chi connectivity index (χ3n) is 3.43. The van der Waals surface area contributed by atoms with Gasteiger partial charge in [0.1, 0.15) is 0 Å². The number of fused-ring (bicyclic) bond motifs is 1. The molecule has 0 aliphatic carbocycles. The number of nitrogens with one attached hydrogen (secondary N) is 1. The summed E-state index contributed by atoms with van der Waals surface area (Å²) in [5, 5.41) is 5.25. The van der Waals surface area contributed by atoms with Gasteiger partial charge >= 0.3 is 0 Å². The van der Waals surface area contributed by atoms with E-state index in [0.717, 1.165) is 21.5 Å². The lowest BCUT2D eigenvalue weighted by Crippen LogP contribution is -2.17. The highest BCUT2D eigenvalue weighted by molar-refractivity contribution is 6.30. The lowest BCUT2D eigenvalue weighted by Gasteiger charge is -2.18. The Kier molecular flexibility index (Phi) is 3.68. The summed E-state index contributed by atoms with van der Waals surface area (Å²) in [6.07, 6.45) is 1.81. The molecular weight excluding hydrogens is 268 g/mol. The monoisotopic (exact) mass is 282 g/mol. The molecule has 3 rings (SSSR count). The molecule has 2 nitrogen and oxygen atoms in total. The average molecular weight is 283 g/mol. The van der Waals surface area contributed by atoms with Crippen LogP contribution in [-0.4, -0.2) is 12.0 Å². The molecule has 3 aromatic rings. The van der Waals surface area contributed by atoms with Crippen LogP contribution in [0.2, 0.25) is 5.02 Å². The minimum atomic E-state index is 0.123. The molecule has 0 radical (unpaired) electrons. The van der Waals surface area contributed by atoms with Crippen LogP contribution >= 0.6 is 11.6 Å². The number of rotatable bonds is 3. The third-order valence-corrected chi connectivity index (χ3v) is 3.67. The SMILES string of the molecule is CNC(c1cccc(Cl)c1)c1ccc2ncccc2c1. The number of hydrogen-bond acceptors (Lipinski definition) is 2. The molecule has 20 heavy (non-hydrogen) atoms. The van der Waals surface area contributed by atoms with E-state index in [1.807, 2.05) is 37.5 Å². The molecule has 0 saturated carbocycles. The standard InChI is InChI=1S/C17H15ClN2/c1-19-17(13-4-2-6-15(18)11-13)14-7-8-16-12(10-14)5-3-9-20-16/h2-11,17,19H,1H3. The van der Waals surface area contributed by atoms with E-state index >= 15 is 0 Å². The van der Waals surface area contributed by atoms with Crippen LogP contribution in [-0.2, 0) is 0 Å². The number of pyridine rings is 1. The van der Waals surface area contributed by atoms with Crippen LogP contribution in [0.4, 0.5) is 0 Å². The van der Waals surface area contributed by atoms with Crippen molar-refractivity contribution < 1.29 is 0 Å². The number of benzene rings is 2. The second-order valence-electron chi connectivity index (χ2n) is 4.73. The fourth-order valence-corrected chi connectivity index (χ4v) is 2.68. The fourth-order valence-electron chi connectivity index (χ4n) is 2.49. The highest BCUT2D eigenvalue weighted by Crippen LogP contribution is 2.26. The Bertz CT molecular complexity index is 740. The summed E-state index contributed by atoms with van der Waals surface area (Å²) in [6, 6.07) is 18.4.